The van der Waals surface area contributed by atoms with Crippen molar-refractivity contribution in [3.8, 4) is 0 Å². The summed E-state index contributed by atoms with van der Waals surface area (Å²) in [6.07, 6.45) is -7.51. The van der Waals surface area contributed by atoms with Gasteiger partial charge in [0.05, 0.1) is 0 Å². The van der Waals surface area contributed by atoms with Gasteiger partial charge in [0, 0.05) is 12.8 Å². The maximum absolute atomic E-state index is 12.8. The summed E-state index contributed by atoms with van der Waals surface area (Å²) < 4.78 is 60.2. The third-order valence-corrected chi connectivity index (χ3v) is 4.56. The lowest BCUT2D eigenvalue weighted by Crippen LogP contribution is -2.41. The Morgan fingerprint density at radius 2 is 1.38 bits per heavy atom. The van der Waals surface area contributed by atoms with Gasteiger partial charge in [0.1, 0.15) is 0 Å². The van der Waals surface area contributed by atoms with Gasteiger partial charge in [0.15, 0.2) is 0 Å². The molecule has 0 saturated heterocycles. The van der Waals surface area contributed by atoms with E-state index in [1.807, 2.05) is 0 Å². The minimum atomic E-state index is -4.60. The molecule has 0 aromatic carbocycles. The van der Waals surface area contributed by atoms with Gasteiger partial charge in [0.25, 0.3) is 5.55 Å². The van der Waals surface area contributed by atoms with Gasteiger partial charge in [-0.05, 0) is 6.55 Å². The summed E-state index contributed by atoms with van der Waals surface area (Å²) in [6, 6.07) is 0. The molecule has 0 saturated carbocycles. The molecule has 0 rings (SSSR count). The minimum absolute atomic E-state index is 0.895. The molecule has 13 heavy (non-hydrogen) atoms. The van der Waals surface area contributed by atoms with Gasteiger partial charge in [-0.2, -0.15) is 13.2 Å². The SMILES string of the molecule is C[Si](Cl)(Cl)C(F)(F)CCC(F)(F)F. The Kier molecular flexibility index (Phi) is 4.04. The van der Waals surface area contributed by atoms with E-state index in [0.717, 1.165) is 6.55 Å². The van der Waals surface area contributed by atoms with Gasteiger partial charge in [-0.1, -0.05) is 0 Å². The summed E-state index contributed by atoms with van der Waals surface area (Å²) in [7, 11) is 0. The molecule has 8 heteroatoms. The van der Waals surface area contributed by atoms with Crippen LogP contribution in [0.1, 0.15) is 12.8 Å². The number of halogens is 7. The molecule has 0 heterocycles. The predicted molar refractivity (Wildman–Crippen MR) is 43.6 cm³/mol. The van der Waals surface area contributed by atoms with E-state index in [4.69, 9.17) is 22.2 Å². The van der Waals surface area contributed by atoms with Crippen LogP contribution in [0.2, 0.25) is 6.55 Å². The van der Waals surface area contributed by atoms with Crippen LogP contribution in [0.5, 0.6) is 0 Å². The Hall–Kier alpha value is 0.447. The molecule has 0 spiro atoms. The van der Waals surface area contributed by atoms with Crippen molar-refractivity contribution in [3.63, 3.8) is 0 Å². The van der Waals surface area contributed by atoms with Crippen LogP contribution >= 0.6 is 22.2 Å². The van der Waals surface area contributed by atoms with Crippen molar-refractivity contribution in [1.82, 2.24) is 0 Å². The zero-order valence-corrected chi connectivity index (χ0v) is 9.07. The Morgan fingerprint density at radius 3 is 1.62 bits per heavy atom. The molecule has 0 aromatic heterocycles. The van der Waals surface area contributed by atoms with Gasteiger partial charge >= 0.3 is 12.9 Å². The first-order chi connectivity index (χ1) is 5.46. The van der Waals surface area contributed by atoms with Crippen LogP contribution in [0.15, 0.2) is 0 Å². The zero-order valence-electron chi connectivity index (χ0n) is 6.56. The molecule has 0 atom stereocenters. The van der Waals surface area contributed by atoms with Gasteiger partial charge in [-0.15, -0.1) is 22.2 Å². The van der Waals surface area contributed by atoms with Gasteiger partial charge in [-0.3, -0.25) is 0 Å². The van der Waals surface area contributed by atoms with E-state index in [-0.39, 0.29) is 0 Å². The van der Waals surface area contributed by atoms with Crippen LogP contribution in [-0.4, -0.2) is 18.4 Å². The van der Waals surface area contributed by atoms with Gasteiger partial charge in [-0.25, -0.2) is 8.78 Å². The van der Waals surface area contributed by atoms with E-state index in [1.165, 1.54) is 0 Å². The average molecular weight is 261 g/mol. The summed E-state index contributed by atoms with van der Waals surface area (Å²) in [5.74, 6) is 0. The zero-order chi connectivity index (χ0) is 10.9. The maximum atomic E-state index is 12.8. The summed E-state index contributed by atoms with van der Waals surface area (Å²) in [5, 5.41) is 0. The van der Waals surface area contributed by atoms with Gasteiger partial charge < -0.3 is 0 Å². The largest absolute Gasteiger partial charge is 0.389 e. The Bertz CT molecular complexity index is 173. The highest BCUT2D eigenvalue weighted by Crippen LogP contribution is 2.39. The van der Waals surface area contributed by atoms with Crippen molar-refractivity contribution < 1.29 is 22.0 Å². The predicted octanol–water partition coefficient (Wildman–Crippen LogP) is 4.05. The second-order valence-electron chi connectivity index (χ2n) is 2.71. The van der Waals surface area contributed by atoms with E-state index in [2.05, 4.69) is 0 Å². The van der Waals surface area contributed by atoms with E-state index in [9.17, 15) is 22.0 Å². The van der Waals surface area contributed by atoms with Crippen LogP contribution in [-0.2, 0) is 0 Å². The molecule has 0 nitrogen and oxygen atoms in total. The van der Waals surface area contributed by atoms with Crippen molar-refractivity contribution in [1.29, 1.82) is 0 Å². The molecule has 0 unspecified atom stereocenters. The highest BCUT2D eigenvalue weighted by molar-refractivity contribution is 7.45. The first-order valence-electron chi connectivity index (χ1n) is 3.28. The van der Waals surface area contributed by atoms with Crippen molar-refractivity contribution in [2.24, 2.45) is 0 Å². The number of hydrogen-bond acceptors (Lipinski definition) is 0. The Morgan fingerprint density at radius 1 is 1.00 bits per heavy atom. The van der Waals surface area contributed by atoms with E-state index in [0.29, 0.717) is 0 Å². The molecule has 0 N–H and O–H groups in total. The molecular formula is C5H7Cl2F5Si. The molecule has 80 valence electrons. The Labute approximate surface area is 82.4 Å². The third-order valence-electron chi connectivity index (χ3n) is 1.36. The fraction of sp³-hybridized carbons (Fsp3) is 1.00. The van der Waals surface area contributed by atoms with Crippen molar-refractivity contribution >= 4 is 28.9 Å². The number of alkyl halides is 5. The van der Waals surface area contributed by atoms with Crippen LogP contribution in [0.25, 0.3) is 0 Å². The second-order valence-corrected chi connectivity index (χ2v) is 10.3. The highest BCUT2D eigenvalue weighted by Gasteiger charge is 2.52. The number of rotatable bonds is 3. The van der Waals surface area contributed by atoms with Crippen LogP contribution in [0.3, 0.4) is 0 Å². The third kappa shape index (κ3) is 5.02. The normalized spacial score (nSPS) is 14.8. The second kappa shape index (κ2) is 3.90. The summed E-state index contributed by atoms with van der Waals surface area (Å²) in [5.41, 5.74) is -3.61. The lowest BCUT2D eigenvalue weighted by atomic mass is 10.3. The van der Waals surface area contributed by atoms with E-state index < -0.39 is 31.3 Å². The molecule has 0 aliphatic rings. The van der Waals surface area contributed by atoms with E-state index >= 15 is 0 Å². The smallest absolute Gasteiger partial charge is 0.209 e. The lowest BCUT2D eigenvalue weighted by molar-refractivity contribution is -0.144. The topological polar surface area (TPSA) is 0 Å². The summed E-state index contributed by atoms with van der Waals surface area (Å²) in [6.45, 7) is -2.98. The molecule has 0 bridgehead atoms. The van der Waals surface area contributed by atoms with E-state index in [1.54, 1.807) is 0 Å². The van der Waals surface area contributed by atoms with Gasteiger partial charge in [0.2, 0.25) is 0 Å². The molecule has 0 radical (unpaired) electrons. The Balaban J connectivity index is 4.21. The fourth-order valence-corrected chi connectivity index (χ4v) is 1.65. The standard InChI is InChI=1S/C5H7Cl2F5Si/c1-13(6,7)5(11,12)3-2-4(8,9)10/h2-3H2,1H3. The molecule has 0 amide bonds. The highest BCUT2D eigenvalue weighted by atomic mass is 35.7. The van der Waals surface area contributed by atoms with Crippen molar-refractivity contribution in [2.45, 2.75) is 31.1 Å². The monoisotopic (exact) mass is 260 g/mol. The molecule has 0 aliphatic heterocycles. The van der Waals surface area contributed by atoms with Crippen molar-refractivity contribution in [2.75, 3.05) is 0 Å². The number of hydrogen-bond donors (Lipinski definition) is 0. The molecule has 0 fully saturated rings. The van der Waals surface area contributed by atoms with Crippen LogP contribution in [0.4, 0.5) is 22.0 Å². The molecule has 0 aliphatic carbocycles. The quantitative estimate of drug-likeness (QED) is 0.408. The first kappa shape index (κ1) is 13.4. The maximum Gasteiger partial charge on any atom is 0.389 e. The molecule has 0 aromatic rings. The van der Waals surface area contributed by atoms with Crippen LogP contribution in [0, 0.1) is 0 Å². The molecular weight excluding hydrogens is 254 g/mol. The summed E-state index contributed by atoms with van der Waals surface area (Å²) >= 11 is 10.3. The average Bonchev–Trinajstić information content (AvgIpc) is 1.79. The first-order valence-corrected chi connectivity index (χ1v) is 7.80. The fourth-order valence-electron chi connectivity index (χ4n) is 0.518. The van der Waals surface area contributed by atoms with Crippen molar-refractivity contribution in [3.05, 3.63) is 0 Å². The summed E-state index contributed by atoms with van der Waals surface area (Å²) in [4.78, 5) is 0. The van der Waals surface area contributed by atoms with Crippen LogP contribution < -0.4 is 0 Å². The minimum Gasteiger partial charge on any atom is -0.209 e. The lowest BCUT2D eigenvalue weighted by Gasteiger charge is -2.23.